The Morgan fingerprint density at radius 3 is 2.27 bits per heavy atom. The number of carbonyl (C=O) groups is 3. The lowest BCUT2D eigenvalue weighted by atomic mass is 9.80. The molecule has 2 fully saturated rings. The molecule has 0 spiro atoms. The lowest BCUT2D eigenvalue weighted by molar-refractivity contribution is -0.256. The van der Waals surface area contributed by atoms with Crippen LogP contribution >= 0.6 is 0 Å². The van der Waals surface area contributed by atoms with Gasteiger partial charge in [-0.25, -0.2) is 9.59 Å². The standard InChI is InChI=1S/C17H28N2O7/c1-10(14(21)25-11-6-13(20)24-9-11)18-15(22)26-12-7-16(2,3)19(23)17(4,5)8-12/h10-12,23H,6-9H2,1-5H3,(H,18,22)/t10-,11-/m0/s1. The number of hydroxylamine groups is 2. The van der Waals surface area contributed by atoms with E-state index in [1.165, 1.54) is 12.0 Å². The van der Waals surface area contributed by atoms with Crippen molar-refractivity contribution < 1.29 is 33.8 Å². The lowest BCUT2D eigenvalue weighted by Crippen LogP contribution is -2.61. The first kappa shape index (κ1) is 20.4. The van der Waals surface area contributed by atoms with Gasteiger partial charge in [0.25, 0.3) is 0 Å². The van der Waals surface area contributed by atoms with E-state index in [2.05, 4.69) is 5.32 Å². The zero-order valence-corrected chi connectivity index (χ0v) is 15.9. The van der Waals surface area contributed by atoms with E-state index in [1.807, 2.05) is 27.7 Å². The van der Waals surface area contributed by atoms with Crippen LogP contribution in [0, 0.1) is 0 Å². The maximum Gasteiger partial charge on any atom is 0.408 e. The first-order chi connectivity index (χ1) is 11.9. The van der Waals surface area contributed by atoms with Crippen molar-refractivity contribution in [3.05, 3.63) is 0 Å². The third kappa shape index (κ3) is 4.85. The van der Waals surface area contributed by atoms with Crippen LogP contribution in [-0.4, -0.2) is 64.2 Å². The Balaban J connectivity index is 1.84. The second kappa shape index (κ2) is 7.40. The monoisotopic (exact) mass is 372 g/mol. The quantitative estimate of drug-likeness (QED) is 0.562. The molecule has 148 valence electrons. The Morgan fingerprint density at radius 1 is 1.19 bits per heavy atom. The summed E-state index contributed by atoms with van der Waals surface area (Å²) in [6.45, 7) is 8.98. The molecule has 2 aliphatic rings. The molecule has 9 heteroatoms. The van der Waals surface area contributed by atoms with Gasteiger partial charge in [0.2, 0.25) is 0 Å². The Morgan fingerprint density at radius 2 is 1.77 bits per heavy atom. The topological polar surface area (TPSA) is 114 Å². The number of esters is 2. The lowest BCUT2D eigenvalue weighted by Gasteiger charge is -2.50. The van der Waals surface area contributed by atoms with Gasteiger partial charge < -0.3 is 24.7 Å². The van der Waals surface area contributed by atoms with Gasteiger partial charge in [-0.2, -0.15) is 5.06 Å². The van der Waals surface area contributed by atoms with Gasteiger partial charge in [0.1, 0.15) is 24.9 Å². The number of nitrogens with zero attached hydrogens (tertiary/aromatic N) is 1. The Hall–Kier alpha value is -1.87. The van der Waals surface area contributed by atoms with Crippen molar-refractivity contribution in [2.75, 3.05) is 6.61 Å². The largest absolute Gasteiger partial charge is 0.462 e. The van der Waals surface area contributed by atoms with Crippen molar-refractivity contribution in [1.29, 1.82) is 0 Å². The summed E-state index contributed by atoms with van der Waals surface area (Å²) in [6, 6.07) is -0.919. The highest BCUT2D eigenvalue weighted by Crippen LogP contribution is 2.37. The van der Waals surface area contributed by atoms with Crippen molar-refractivity contribution in [2.24, 2.45) is 0 Å². The van der Waals surface area contributed by atoms with Crippen molar-refractivity contribution in [3.63, 3.8) is 0 Å². The molecule has 26 heavy (non-hydrogen) atoms. The van der Waals surface area contributed by atoms with Crippen molar-refractivity contribution in [2.45, 2.75) is 83.2 Å². The molecule has 0 radical (unpaired) electrons. The fraction of sp³-hybridized carbons (Fsp3) is 0.824. The van der Waals surface area contributed by atoms with E-state index in [-0.39, 0.29) is 13.0 Å². The highest BCUT2D eigenvalue weighted by molar-refractivity contribution is 5.81. The number of nitrogens with one attached hydrogen (secondary N) is 1. The molecule has 9 nitrogen and oxygen atoms in total. The second-order valence-electron chi connectivity index (χ2n) is 8.18. The number of rotatable bonds is 4. The molecule has 0 aromatic heterocycles. The van der Waals surface area contributed by atoms with E-state index in [0.717, 1.165) is 0 Å². The van der Waals surface area contributed by atoms with Gasteiger partial charge in [-0.15, -0.1) is 0 Å². The van der Waals surface area contributed by atoms with Gasteiger partial charge in [-0.1, -0.05) is 0 Å². The van der Waals surface area contributed by atoms with Crippen molar-refractivity contribution in [3.8, 4) is 0 Å². The van der Waals surface area contributed by atoms with Gasteiger partial charge in [-0.05, 0) is 34.6 Å². The summed E-state index contributed by atoms with van der Waals surface area (Å²) in [5.74, 6) is -1.07. The number of piperidine rings is 1. The van der Waals surface area contributed by atoms with Crippen LogP contribution in [0.25, 0.3) is 0 Å². The number of hydrogen-bond donors (Lipinski definition) is 2. The number of ether oxygens (including phenoxy) is 3. The summed E-state index contributed by atoms with van der Waals surface area (Å²) in [7, 11) is 0. The fourth-order valence-electron chi connectivity index (χ4n) is 3.51. The summed E-state index contributed by atoms with van der Waals surface area (Å²) >= 11 is 0. The molecule has 0 aliphatic carbocycles. The molecule has 0 saturated carbocycles. The predicted molar refractivity (Wildman–Crippen MR) is 89.3 cm³/mol. The molecule has 2 rings (SSSR count). The zero-order valence-electron chi connectivity index (χ0n) is 15.9. The number of amides is 1. The second-order valence-corrected chi connectivity index (χ2v) is 8.18. The minimum absolute atomic E-state index is 0.0206. The van der Waals surface area contributed by atoms with Gasteiger partial charge in [0.15, 0.2) is 0 Å². The van der Waals surface area contributed by atoms with E-state index in [4.69, 9.17) is 14.2 Å². The number of alkyl carbamates (subject to hydrolysis) is 1. The summed E-state index contributed by atoms with van der Waals surface area (Å²) in [5.41, 5.74) is -1.10. The Labute approximate surface area is 152 Å². The third-order valence-corrected chi connectivity index (χ3v) is 4.67. The third-order valence-electron chi connectivity index (χ3n) is 4.67. The van der Waals surface area contributed by atoms with Crippen molar-refractivity contribution in [1.82, 2.24) is 10.4 Å². The van der Waals surface area contributed by atoms with E-state index < -0.39 is 47.4 Å². The highest BCUT2D eigenvalue weighted by atomic mass is 16.6. The van der Waals surface area contributed by atoms with Crippen LogP contribution in [0.4, 0.5) is 4.79 Å². The highest BCUT2D eigenvalue weighted by Gasteiger charge is 2.46. The summed E-state index contributed by atoms with van der Waals surface area (Å²) in [6.07, 6.45) is -0.803. The minimum atomic E-state index is -0.919. The summed E-state index contributed by atoms with van der Waals surface area (Å²) in [5, 5.41) is 14.0. The van der Waals surface area contributed by atoms with Gasteiger partial charge in [0, 0.05) is 23.9 Å². The molecule has 2 saturated heterocycles. The van der Waals surface area contributed by atoms with Crippen molar-refractivity contribution >= 4 is 18.0 Å². The molecule has 2 N–H and O–H groups in total. The maximum absolute atomic E-state index is 12.1. The number of cyclic esters (lactones) is 1. The fourth-order valence-corrected chi connectivity index (χ4v) is 3.51. The van der Waals surface area contributed by atoms with E-state index in [1.54, 1.807) is 0 Å². The number of hydrogen-bond acceptors (Lipinski definition) is 8. The maximum atomic E-state index is 12.1. The predicted octanol–water partition coefficient (Wildman–Crippen LogP) is 1.37. The number of carbonyl (C=O) groups excluding carboxylic acids is 3. The molecule has 0 unspecified atom stereocenters. The van der Waals surface area contributed by atoms with Crippen LogP contribution in [-0.2, 0) is 23.8 Å². The summed E-state index contributed by atoms with van der Waals surface area (Å²) < 4.78 is 15.3. The smallest absolute Gasteiger partial charge is 0.408 e. The Kier molecular flexibility index (Phi) is 5.82. The van der Waals surface area contributed by atoms with Crippen LogP contribution in [0.15, 0.2) is 0 Å². The molecular formula is C17H28N2O7. The van der Waals surface area contributed by atoms with Gasteiger partial charge >= 0.3 is 18.0 Å². The normalized spacial score (nSPS) is 26.7. The molecular weight excluding hydrogens is 344 g/mol. The Bertz CT molecular complexity index is 557. The van der Waals surface area contributed by atoms with Crippen LogP contribution < -0.4 is 5.32 Å². The molecule has 0 bridgehead atoms. The van der Waals surface area contributed by atoms with Crippen LogP contribution in [0.2, 0.25) is 0 Å². The van der Waals surface area contributed by atoms with Crippen LogP contribution in [0.1, 0.15) is 53.9 Å². The molecule has 0 aromatic carbocycles. The van der Waals surface area contributed by atoms with Gasteiger partial charge in [-0.3, -0.25) is 4.79 Å². The molecule has 2 aliphatic heterocycles. The summed E-state index contributed by atoms with van der Waals surface area (Å²) in [4.78, 5) is 35.1. The van der Waals surface area contributed by atoms with E-state index in [9.17, 15) is 19.6 Å². The van der Waals surface area contributed by atoms with E-state index >= 15 is 0 Å². The zero-order chi connectivity index (χ0) is 19.7. The molecule has 0 aromatic rings. The first-order valence-electron chi connectivity index (χ1n) is 8.73. The van der Waals surface area contributed by atoms with Gasteiger partial charge in [0.05, 0.1) is 6.42 Å². The molecule has 2 atom stereocenters. The average molecular weight is 372 g/mol. The first-order valence-corrected chi connectivity index (χ1v) is 8.73. The molecule has 1 amide bonds. The van der Waals surface area contributed by atoms with E-state index in [0.29, 0.717) is 12.8 Å². The average Bonchev–Trinajstić information content (AvgIpc) is 2.89. The van der Waals surface area contributed by atoms with Crippen LogP contribution in [0.5, 0.6) is 0 Å². The minimum Gasteiger partial charge on any atom is -0.462 e. The van der Waals surface area contributed by atoms with Crippen LogP contribution in [0.3, 0.4) is 0 Å². The molecule has 2 heterocycles. The SMILES string of the molecule is C[C@H](NC(=O)OC1CC(C)(C)N(O)C(C)(C)C1)C(=O)O[C@@H]1COC(=O)C1.